The highest BCUT2D eigenvalue weighted by Gasteiger charge is 2.28. The second-order valence-electron chi connectivity index (χ2n) is 7.42. The zero-order valence-corrected chi connectivity index (χ0v) is 16.5. The highest BCUT2D eigenvalue weighted by atomic mass is 16.2. The number of aryl methyl sites for hydroxylation is 1. The zero-order chi connectivity index (χ0) is 20.9. The Labute approximate surface area is 173 Å². The van der Waals surface area contributed by atoms with Crippen LogP contribution < -0.4 is 10.9 Å². The minimum Gasteiger partial charge on any atom is -0.342 e. The van der Waals surface area contributed by atoms with E-state index in [0.717, 1.165) is 18.5 Å². The summed E-state index contributed by atoms with van der Waals surface area (Å²) in [6.07, 6.45) is 1.66. The topological polar surface area (TPSA) is 97.2 Å². The number of benzene rings is 2. The van der Waals surface area contributed by atoms with Gasteiger partial charge in [-0.1, -0.05) is 35.5 Å². The summed E-state index contributed by atoms with van der Waals surface area (Å²) in [7, 11) is 0. The van der Waals surface area contributed by atoms with E-state index < -0.39 is 0 Å². The predicted octanol–water partition coefficient (Wildman–Crippen LogP) is 2.06. The molecule has 2 heterocycles. The van der Waals surface area contributed by atoms with Gasteiger partial charge in [-0.3, -0.25) is 14.4 Å². The Morgan fingerprint density at radius 1 is 1.07 bits per heavy atom. The third-order valence-electron chi connectivity index (χ3n) is 5.35. The normalized spacial score (nSPS) is 16.4. The molecule has 0 spiro atoms. The van der Waals surface area contributed by atoms with E-state index in [0.29, 0.717) is 24.0 Å². The van der Waals surface area contributed by atoms with Crippen LogP contribution in [0.4, 0.5) is 5.69 Å². The maximum absolute atomic E-state index is 12.7. The Hall–Kier alpha value is -3.55. The van der Waals surface area contributed by atoms with Crippen molar-refractivity contribution in [3.8, 4) is 0 Å². The fourth-order valence-electron chi connectivity index (χ4n) is 3.71. The van der Waals surface area contributed by atoms with Crippen molar-refractivity contribution in [2.24, 2.45) is 5.92 Å². The van der Waals surface area contributed by atoms with E-state index in [-0.39, 0.29) is 36.3 Å². The number of fused-ring (bicyclic) bond motifs is 1. The maximum Gasteiger partial charge on any atom is 0.277 e. The molecule has 1 aliphatic heterocycles. The van der Waals surface area contributed by atoms with Crippen molar-refractivity contribution in [1.82, 2.24) is 19.9 Å². The lowest BCUT2D eigenvalue weighted by atomic mass is 9.96. The molecule has 1 N–H and O–H groups in total. The molecule has 0 saturated carbocycles. The van der Waals surface area contributed by atoms with Gasteiger partial charge in [-0.2, -0.15) is 0 Å². The number of hydrogen-bond donors (Lipinski definition) is 1. The van der Waals surface area contributed by atoms with E-state index in [1.807, 2.05) is 30.3 Å². The van der Waals surface area contributed by atoms with Crippen LogP contribution in [-0.4, -0.2) is 44.8 Å². The van der Waals surface area contributed by atoms with E-state index in [4.69, 9.17) is 0 Å². The van der Waals surface area contributed by atoms with E-state index >= 15 is 0 Å². The summed E-state index contributed by atoms with van der Waals surface area (Å²) in [4.78, 5) is 39.5. The van der Waals surface area contributed by atoms with Crippen LogP contribution >= 0.6 is 0 Å². The van der Waals surface area contributed by atoms with Crippen LogP contribution in [-0.2, 0) is 16.1 Å². The fourth-order valence-corrected chi connectivity index (χ4v) is 3.71. The van der Waals surface area contributed by atoms with Crippen molar-refractivity contribution in [3.63, 3.8) is 0 Å². The molecule has 4 rings (SSSR count). The molecular formula is C22H23N5O3. The zero-order valence-electron chi connectivity index (χ0n) is 16.5. The summed E-state index contributed by atoms with van der Waals surface area (Å²) in [5.41, 5.74) is 1.03. The smallest absolute Gasteiger partial charge is 0.277 e. The van der Waals surface area contributed by atoms with Crippen LogP contribution in [0.1, 0.15) is 19.3 Å². The van der Waals surface area contributed by atoms with E-state index in [1.165, 1.54) is 4.68 Å². The first-order chi connectivity index (χ1) is 14.6. The van der Waals surface area contributed by atoms with Crippen LogP contribution in [0.5, 0.6) is 0 Å². The van der Waals surface area contributed by atoms with Gasteiger partial charge in [-0.15, -0.1) is 5.10 Å². The molecule has 154 valence electrons. The highest BCUT2D eigenvalue weighted by molar-refractivity contribution is 5.93. The fraction of sp³-hybridized carbons (Fsp3) is 0.318. The van der Waals surface area contributed by atoms with Crippen LogP contribution in [0, 0.1) is 5.92 Å². The first-order valence-electron chi connectivity index (χ1n) is 10.1. The number of carbonyl (C=O) groups excluding carboxylic acids is 2. The number of rotatable bonds is 5. The molecule has 1 aromatic heterocycles. The van der Waals surface area contributed by atoms with Crippen LogP contribution in [0.25, 0.3) is 10.9 Å². The minimum atomic E-state index is -0.257. The molecule has 3 aromatic rings. The van der Waals surface area contributed by atoms with Gasteiger partial charge in [0.1, 0.15) is 5.52 Å². The molecule has 0 aliphatic carbocycles. The van der Waals surface area contributed by atoms with Gasteiger partial charge in [0.2, 0.25) is 11.8 Å². The van der Waals surface area contributed by atoms with Crippen molar-refractivity contribution < 1.29 is 9.59 Å². The molecule has 8 heteroatoms. The Morgan fingerprint density at radius 2 is 1.83 bits per heavy atom. The molecule has 0 radical (unpaired) electrons. The van der Waals surface area contributed by atoms with Crippen molar-refractivity contribution in [1.29, 1.82) is 0 Å². The molecule has 1 unspecified atom stereocenters. The Morgan fingerprint density at radius 3 is 2.67 bits per heavy atom. The first kappa shape index (κ1) is 19.8. The monoisotopic (exact) mass is 405 g/mol. The summed E-state index contributed by atoms with van der Waals surface area (Å²) in [6.45, 7) is 1.16. The van der Waals surface area contributed by atoms with Gasteiger partial charge in [-0.05, 0) is 37.1 Å². The highest BCUT2D eigenvalue weighted by Crippen LogP contribution is 2.19. The van der Waals surface area contributed by atoms with Gasteiger partial charge in [-0.25, -0.2) is 4.68 Å². The van der Waals surface area contributed by atoms with Crippen LogP contribution in [0.2, 0.25) is 0 Å². The molecule has 0 bridgehead atoms. The number of hydrogen-bond acceptors (Lipinski definition) is 5. The second kappa shape index (κ2) is 8.86. The van der Waals surface area contributed by atoms with Crippen molar-refractivity contribution in [2.45, 2.75) is 25.8 Å². The SMILES string of the molecule is O=C(Nc1ccccc1)C1CCCN(C(=O)CCn2nnc3ccccc3c2=O)C1. The molecule has 1 saturated heterocycles. The van der Waals surface area contributed by atoms with Gasteiger partial charge < -0.3 is 10.2 Å². The van der Waals surface area contributed by atoms with E-state index in [9.17, 15) is 14.4 Å². The van der Waals surface area contributed by atoms with Crippen molar-refractivity contribution in [2.75, 3.05) is 18.4 Å². The maximum atomic E-state index is 12.7. The Balaban J connectivity index is 1.36. The van der Waals surface area contributed by atoms with Gasteiger partial charge in [0, 0.05) is 25.2 Å². The number of aromatic nitrogens is 3. The van der Waals surface area contributed by atoms with Gasteiger partial charge in [0.25, 0.3) is 5.56 Å². The quantitative estimate of drug-likeness (QED) is 0.701. The molecule has 8 nitrogen and oxygen atoms in total. The molecule has 1 atom stereocenters. The van der Waals surface area contributed by atoms with E-state index in [1.54, 1.807) is 29.2 Å². The average Bonchev–Trinajstić information content (AvgIpc) is 2.79. The standard InChI is InChI=1S/C22H23N5O3/c28-20(12-14-27-22(30)18-10-4-5-11-19(18)24-25-27)26-13-6-7-16(15-26)21(29)23-17-8-2-1-3-9-17/h1-5,8-11,16H,6-7,12-15H2,(H,23,29). The average molecular weight is 405 g/mol. The third kappa shape index (κ3) is 4.37. The Bertz CT molecular complexity index is 1110. The molecule has 2 aromatic carbocycles. The summed E-state index contributed by atoms with van der Waals surface area (Å²) >= 11 is 0. The number of piperidine rings is 1. The number of anilines is 1. The summed E-state index contributed by atoms with van der Waals surface area (Å²) in [6, 6.07) is 16.3. The predicted molar refractivity (Wildman–Crippen MR) is 113 cm³/mol. The second-order valence-corrected chi connectivity index (χ2v) is 7.42. The Kier molecular flexibility index (Phi) is 5.83. The van der Waals surface area contributed by atoms with Crippen LogP contribution in [0.15, 0.2) is 59.4 Å². The molecule has 30 heavy (non-hydrogen) atoms. The lowest BCUT2D eigenvalue weighted by Crippen LogP contribution is -2.44. The number of nitrogens with one attached hydrogen (secondary N) is 1. The summed E-state index contributed by atoms with van der Waals surface area (Å²) < 4.78 is 1.23. The number of para-hydroxylation sites is 1. The molecule has 2 amide bonds. The van der Waals surface area contributed by atoms with Crippen molar-refractivity contribution >= 4 is 28.4 Å². The van der Waals surface area contributed by atoms with Gasteiger partial charge in [0.05, 0.1) is 17.8 Å². The minimum absolute atomic E-state index is 0.0738. The number of likely N-dealkylation sites (tertiary alicyclic amines) is 1. The third-order valence-corrected chi connectivity index (χ3v) is 5.35. The number of nitrogens with zero attached hydrogens (tertiary/aromatic N) is 4. The number of carbonyl (C=O) groups is 2. The molecule has 1 fully saturated rings. The lowest BCUT2D eigenvalue weighted by molar-refractivity contribution is -0.134. The number of amides is 2. The molecule has 1 aliphatic rings. The summed E-state index contributed by atoms with van der Waals surface area (Å²) in [5, 5.41) is 11.4. The summed E-state index contributed by atoms with van der Waals surface area (Å²) in [5.74, 6) is -0.407. The van der Waals surface area contributed by atoms with Crippen LogP contribution in [0.3, 0.4) is 0 Å². The first-order valence-corrected chi connectivity index (χ1v) is 10.1. The van der Waals surface area contributed by atoms with Gasteiger partial charge in [0.15, 0.2) is 0 Å². The van der Waals surface area contributed by atoms with Crippen molar-refractivity contribution in [3.05, 3.63) is 65.0 Å². The van der Waals surface area contributed by atoms with E-state index in [2.05, 4.69) is 15.6 Å². The van der Waals surface area contributed by atoms with Gasteiger partial charge >= 0.3 is 0 Å². The largest absolute Gasteiger partial charge is 0.342 e. The molecular weight excluding hydrogens is 382 g/mol. The lowest BCUT2D eigenvalue weighted by Gasteiger charge is -2.32.